The van der Waals surface area contributed by atoms with Gasteiger partial charge in [0.1, 0.15) is 0 Å². The first-order chi connectivity index (χ1) is 9.97. The Labute approximate surface area is 125 Å². The number of aliphatic carboxylic acids is 1. The van der Waals surface area contributed by atoms with Crippen LogP contribution in [-0.4, -0.2) is 25.2 Å². The number of anilines is 1. The molecule has 2 aromatic carbocycles. The monoisotopic (exact) mass is 281 g/mol. The van der Waals surface area contributed by atoms with Gasteiger partial charge in [-0.05, 0) is 47.4 Å². The van der Waals surface area contributed by atoms with Crippen molar-refractivity contribution in [1.29, 1.82) is 0 Å². The van der Waals surface area contributed by atoms with Crippen LogP contribution in [-0.2, 0) is 4.79 Å². The normalized spacial score (nSPS) is 11.3. The van der Waals surface area contributed by atoms with Crippen LogP contribution < -0.4 is 4.90 Å². The molecule has 0 aliphatic rings. The summed E-state index contributed by atoms with van der Waals surface area (Å²) in [6.45, 7) is 1.81. The fourth-order valence-electron chi connectivity index (χ4n) is 2.18. The topological polar surface area (TPSA) is 40.5 Å². The van der Waals surface area contributed by atoms with E-state index >= 15 is 0 Å². The number of hydrogen-bond acceptors (Lipinski definition) is 2. The molecule has 21 heavy (non-hydrogen) atoms. The lowest BCUT2D eigenvalue weighted by molar-refractivity contribution is -0.131. The Morgan fingerprint density at radius 1 is 1.05 bits per heavy atom. The van der Waals surface area contributed by atoms with E-state index in [-0.39, 0.29) is 0 Å². The first-order valence-corrected chi connectivity index (χ1v) is 6.77. The lowest BCUT2D eigenvalue weighted by atomic mass is 9.99. The molecule has 0 saturated carbocycles. The lowest BCUT2D eigenvalue weighted by Gasteiger charge is -2.14. The molecule has 2 rings (SSSR count). The van der Waals surface area contributed by atoms with Gasteiger partial charge in [0.15, 0.2) is 0 Å². The molecule has 0 fully saturated rings. The van der Waals surface area contributed by atoms with Crippen molar-refractivity contribution < 1.29 is 9.90 Å². The van der Waals surface area contributed by atoms with Gasteiger partial charge in [-0.1, -0.05) is 30.3 Å². The predicted molar refractivity (Wildman–Crippen MR) is 87.5 cm³/mol. The molecule has 0 aromatic heterocycles. The molecule has 3 heteroatoms. The highest BCUT2D eigenvalue weighted by molar-refractivity contribution is 5.90. The number of carboxylic acids is 1. The largest absolute Gasteiger partial charge is 0.478 e. The average molecular weight is 281 g/mol. The molecule has 3 nitrogen and oxygen atoms in total. The zero-order valence-electron chi connectivity index (χ0n) is 12.5. The Balaban J connectivity index is 2.42. The third kappa shape index (κ3) is 3.72. The molecule has 108 valence electrons. The smallest absolute Gasteiger partial charge is 0.328 e. The van der Waals surface area contributed by atoms with Crippen LogP contribution in [0, 0.1) is 0 Å². The quantitative estimate of drug-likeness (QED) is 0.864. The maximum Gasteiger partial charge on any atom is 0.328 e. The Morgan fingerprint density at radius 3 is 2.29 bits per heavy atom. The predicted octanol–water partition coefficient (Wildman–Crippen LogP) is 3.91. The molecule has 0 bridgehead atoms. The van der Waals surface area contributed by atoms with Crippen molar-refractivity contribution in [3.05, 3.63) is 60.2 Å². The maximum atomic E-state index is 10.8. The van der Waals surface area contributed by atoms with Crippen LogP contribution in [0.2, 0.25) is 0 Å². The van der Waals surface area contributed by atoms with Crippen molar-refractivity contribution in [3.8, 4) is 11.1 Å². The molecule has 0 saturated heterocycles. The number of carboxylic acid groups (broad SMARTS) is 1. The molecule has 0 heterocycles. The summed E-state index contributed by atoms with van der Waals surface area (Å²) in [6.07, 6.45) is 1.23. The summed E-state index contributed by atoms with van der Waals surface area (Å²) in [5.74, 6) is -0.924. The number of hydrogen-bond donors (Lipinski definition) is 1. The molecule has 0 amide bonds. The van der Waals surface area contributed by atoms with E-state index < -0.39 is 5.97 Å². The molecule has 0 unspecified atom stereocenters. The Bertz CT molecular complexity index is 687. The van der Waals surface area contributed by atoms with Crippen LogP contribution in [0.15, 0.2) is 54.6 Å². The minimum absolute atomic E-state index is 0.744. The lowest BCUT2D eigenvalue weighted by Crippen LogP contribution is -2.08. The molecular weight excluding hydrogens is 262 g/mol. The van der Waals surface area contributed by atoms with E-state index in [2.05, 4.69) is 23.1 Å². The maximum absolute atomic E-state index is 10.8. The standard InChI is InChI=1S/C18H19NO2/c1-13(10-18(20)21)14-6-4-7-15(11-14)16-8-5-9-17(12-16)19(2)3/h4-12H,1-3H3,(H,20,21)/b13-10+. The molecular formula is C18H19NO2. The number of benzene rings is 2. The first-order valence-electron chi connectivity index (χ1n) is 6.77. The Hall–Kier alpha value is -2.55. The van der Waals surface area contributed by atoms with Crippen LogP contribution in [0.5, 0.6) is 0 Å². The van der Waals surface area contributed by atoms with Crippen molar-refractivity contribution in [1.82, 2.24) is 0 Å². The molecule has 0 spiro atoms. The minimum atomic E-state index is -0.924. The molecule has 0 radical (unpaired) electrons. The van der Waals surface area contributed by atoms with Gasteiger partial charge < -0.3 is 10.0 Å². The third-order valence-electron chi connectivity index (χ3n) is 3.35. The van der Waals surface area contributed by atoms with E-state index in [0.717, 1.165) is 28.0 Å². The van der Waals surface area contributed by atoms with Crippen molar-refractivity contribution in [2.75, 3.05) is 19.0 Å². The van der Waals surface area contributed by atoms with E-state index in [0.29, 0.717) is 0 Å². The second-order valence-corrected chi connectivity index (χ2v) is 5.19. The molecule has 2 aromatic rings. The molecule has 0 atom stereocenters. The fraction of sp³-hybridized carbons (Fsp3) is 0.167. The van der Waals surface area contributed by atoms with Gasteiger partial charge in [-0.2, -0.15) is 0 Å². The summed E-state index contributed by atoms with van der Waals surface area (Å²) in [6, 6.07) is 16.2. The SMILES string of the molecule is C/C(=C\C(=O)O)c1cccc(-c2cccc(N(C)C)c2)c1. The number of allylic oxidation sites excluding steroid dienone is 1. The van der Waals surface area contributed by atoms with Gasteiger partial charge >= 0.3 is 5.97 Å². The van der Waals surface area contributed by atoms with E-state index in [1.807, 2.05) is 51.4 Å². The summed E-state index contributed by atoms with van der Waals surface area (Å²) in [5, 5.41) is 8.85. The fourth-order valence-corrected chi connectivity index (χ4v) is 2.18. The van der Waals surface area contributed by atoms with Crippen LogP contribution in [0.1, 0.15) is 12.5 Å². The zero-order valence-corrected chi connectivity index (χ0v) is 12.5. The second kappa shape index (κ2) is 6.27. The molecule has 1 N–H and O–H groups in total. The Kier molecular flexibility index (Phi) is 4.43. The van der Waals surface area contributed by atoms with Crippen LogP contribution in [0.3, 0.4) is 0 Å². The van der Waals surface area contributed by atoms with Gasteiger partial charge in [0, 0.05) is 25.9 Å². The highest BCUT2D eigenvalue weighted by Gasteiger charge is 2.04. The van der Waals surface area contributed by atoms with E-state index in [4.69, 9.17) is 5.11 Å². The number of carbonyl (C=O) groups is 1. The van der Waals surface area contributed by atoms with Gasteiger partial charge in [-0.15, -0.1) is 0 Å². The molecule has 0 aliphatic carbocycles. The first kappa shape index (κ1) is 14.9. The Morgan fingerprint density at radius 2 is 1.67 bits per heavy atom. The van der Waals surface area contributed by atoms with E-state index in [1.165, 1.54) is 6.08 Å². The summed E-state index contributed by atoms with van der Waals surface area (Å²) >= 11 is 0. The van der Waals surface area contributed by atoms with Gasteiger partial charge in [0.2, 0.25) is 0 Å². The number of nitrogens with zero attached hydrogens (tertiary/aromatic N) is 1. The summed E-state index contributed by atoms with van der Waals surface area (Å²) in [7, 11) is 4.02. The van der Waals surface area contributed by atoms with Crippen LogP contribution >= 0.6 is 0 Å². The van der Waals surface area contributed by atoms with Gasteiger partial charge in [-0.3, -0.25) is 0 Å². The van der Waals surface area contributed by atoms with E-state index in [1.54, 1.807) is 0 Å². The van der Waals surface area contributed by atoms with Crippen molar-refractivity contribution >= 4 is 17.2 Å². The summed E-state index contributed by atoms with van der Waals surface area (Å²) in [5.41, 5.74) is 4.99. The van der Waals surface area contributed by atoms with Gasteiger partial charge in [-0.25, -0.2) is 4.79 Å². The summed E-state index contributed by atoms with van der Waals surface area (Å²) in [4.78, 5) is 12.8. The highest BCUT2D eigenvalue weighted by atomic mass is 16.4. The van der Waals surface area contributed by atoms with Crippen LogP contribution in [0.25, 0.3) is 16.7 Å². The van der Waals surface area contributed by atoms with Gasteiger partial charge in [0.05, 0.1) is 0 Å². The molecule has 0 aliphatic heterocycles. The second-order valence-electron chi connectivity index (χ2n) is 5.19. The van der Waals surface area contributed by atoms with E-state index in [9.17, 15) is 4.79 Å². The highest BCUT2D eigenvalue weighted by Crippen LogP contribution is 2.26. The van der Waals surface area contributed by atoms with Crippen LogP contribution in [0.4, 0.5) is 5.69 Å². The number of rotatable bonds is 4. The average Bonchev–Trinajstić information content (AvgIpc) is 2.47. The third-order valence-corrected chi connectivity index (χ3v) is 3.35. The minimum Gasteiger partial charge on any atom is -0.478 e. The van der Waals surface area contributed by atoms with Crippen molar-refractivity contribution in [3.63, 3.8) is 0 Å². The van der Waals surface area contributed by atoms with Gasteiger partial charge in [0.25, 0.3) is 0 Å². The van der Waals surface area contributed by atoms with Crippen molar-refractivity contribution in [2.24, 2.45) is 0 Å². The zero-order chi connectivity index (χ0) is 15.4. The van der Waals surface area contributed by atoms with Crippen molar-refractivity contribution in [2.45, 2.75) is 6.92 Å². The summed E-state index contributed by atoms with van der Waals surface area (Å²) < 4.78 is 0.